The molecule has 30 aromatic rings. The van der Waals surface area contributed by atoms with Crippen molar-refractivity contribution in [3.63, 3.8) is 0 Å². The largest absolute Gasteiger partial charge is 0.422 e. The van der Waals surface area contributed by atoms with E-state index < -0.39 is 0 Å². The first-order chi connectivity index (χ1) is 70.6. The van der Waals surface area contributed by atoms with Crippen LogP contribution in [0.2, 0.25) is 0 Å². The topological polar surface area (TPSA) is 145 Å². The molecular formula is C130H77N5O8. The minimum Gasteiger partial charge on any atom is -0.422 e. The number of nitrogens with zero attached hydrogens (tertiary/aromatic N) is 5. The fourth-order valence-corrected chi connectivity index (χ4v) is 22.3. The van der Waals surface area contributed by atoms with E-state index in [0.717, 1.165) is 176 Å². The molecule has 0 aliphatic carbocycles. The Balaban J connectivity index is 0.000000108. The Morgan fingerprint density at radius 3 is 0.559 bits per heavy atom. The van der Waals surface area contributed by atoms with E-state index in [1.54, 1.807) is 0 Å². The molecule has 0 aliphatic heterocycles. The third-order valence-corrected chi connectivity index (χ3v) is 28.8. The summed E-state index contributed by atoms with van der Waals surface area (Å²) >= 11 is 0. The summed E-state index contributed by atoms with van der Waals surface area (Å²) in [6.45, 7) is 0. The molecule has 13 heteroatoms. The van der Waals surface area contributed by atoms with Crippen molar-refractivity contribution in [1.82, 2.24) is 22.8 Å². The van der Waals surface area contributed by atoms with Crippen molar-refractivity contribution in [2.45, 2.75) is 0 Å². The van der Waals surface area contributed by atoms with Crippen molar-refractivity contribution in [2.24, 2.45) is 0 Å². The van der Waals surface area contributed by atoms with E-state index in [1.807, 2.05) is 152 Å². The van der Waals surface area contributed by atoms with Gasteiger partial charge >= 0.3 is 22.5 Å². The molecule has 0 spiro atoms. The van der Waals surface area contributed by atoms with E-state index in [-0.39, 0.29) is 22.5 Å². The van der Waals surface area contributed by atoms with Gasteiger partial charge in [-0.1, -0.05) is 285 Å². The quantitative estimate of drug-likeness (QED) is 0.103. The van der Waals surface area contributed by atoms with Crippen LogP contribution in [0.3, 0.4) is 0 Å². The first-order valence-electron chi connectivity index (χ1n) is 47.8. The lowest BCUT2D eigenvalue weighted by atomic mass is 9.99. The molecule has 0 aliphatic rings. The van der Waals surface area contributed by atoms with Crippen LogP contribution in [0.1, 0.15) is 0 Å². The van der Waals surface area contributed by atoms with Gasteiger partial charge in [-0.25, -0.2) is 19.2 Å². The highest BCUT2D eigenvalue weighted by Crippen LogP contribution is 2.46. The fraction of sp³-hybridized carbons (Fsp3) is 0. The Morgan fingerprint density at radius 1 is 0.119 bits per heavy atom. The fourth-order valence-electron chi connectivity index (χ4n) is 22.3. The summed E-state index contributed by atoms with van der Waals surface area (Å²) in [6.07, 6.45) is 0. The first kappa shape index (κ1) is 81.8. The monoisotopic (exact) mass is 1840 g/mol. The number of rotatable bonds is 9. The maximum absolute atomic E-state index is 13.3. The lowest BCUT2D eigenvalue weighted by Gasteiger charge is -2.11. The smallest absolute Gasteiger partial charge is 0.344 e. The van der Waals surface area contributed by atoms with Crippen molar-refractivity contribution in [3.05, 3.63) is 509 Å². The van der Waals surface area contributed by atoms with Crippen LogP contribution >= 0.6 is 0 Å². The molecule has 0 radical (unpaired) electrons. The van der Waals surface area contributed by atoms with Gasteiger partial charge < -0.3 is 40.5 Å². The highest BCUT2D eigenvalue weighted by molar-refractivity contribution is 6.19. The molecule has 9 aromatic heterocycles. The lowest BCUT2D eigenvalue weighted by Crippen LogP contribution is -2.02. The van der Waals surface area contributed by atoms with Crippen molar-refractivity contribution < 1.29 is 17.7 Å². The number of hydrogen-bond donors (Lipinski definition) is 0. The van der Waals surface area contributed by atoms with E-state index in [4.69, 9.17) is 17.7 Å². The average Bonchev–Trinajstić information content (AvgIpc) is 1.60. The van der Waals surface area contributed by atoms with Crippen LogP contribution in [0.4, 0.5) is 0 Å². The molecule has 0 bridgehead atoms. The predicted molar refractivity (Wildman–Crippen MR) is 587 cm³/mol. The van der Waals surface area contributed by atoms with E-state index in [0.29, 0.717) is 43.9 Å². The van der Waals surface area contributed by atoms with Crippen LogP contribution in [-0.2, 0) is 0 Å². The minimum absolute atomic E-state index is 0.317. The summed E-state index contributed by atoms with van der Waals surface area (Å²) in [5.74, 6) is 0. The van der Waals surface area contributed by atoms with Crippen molar-refractivity contribution >= 4 is 196 Å². The second-order valence-corrected chi connectivity index (χ2v) is 36.7. The third kappa shape index (κ3) is 13.2. The molecule has 13 nitrogen and oxygen atoms in total. The van der Waals surface area contributed by atoms with E-state index >= 15 is 0 Å². The second kappa shape index (κ2) is 32.6. The van der Waals surface area contributed by atoms with Gasteiger partial charge in [0.2, 0.25) is 0 Å². The van der Waals surface area contributed by atoms with Crippen LogP contribution in [0.15, 0.2) is 504 Å². The zero-order valence-corrected chi connectivity index (χ0v) is 76.5. The summed E-state index contributed by atoms with van der Waals surface area (Å²) < 4.78 is 34.1. The normalized spacial score (nSPS) is 11.9. The molecule has 0 saturated carbocycles. The molecule has 30 rings (SSSR count). The standard InChI is InChI=1S/C50H28N2O4.C49H30N2O2.C31H19NO2/c53-49-41-27-31(19-21-33(41)37-11-3-7-15-47(37)55-49)51-43-13-5-1-9-35(43)39-25-29(17-23-45(39)51)30-18-24-46-40(26-30)36-10-2-6-14-44(36)52(46)32-20-22-34-38-12-4-8-16-48(38)56-50(54)42(34)28-32;52-49-43-30-36(22-23-37(43)39-16-8-10-18-48(39)53-49)51-46-24-19-32(31-11-3-1-4-12-31)27-41(46)42-29-34(21-26-47(42)51)33-20-25-45-40(28-33)38-15-7-9-17-44(38)50(45)35-13-5-2-6-14-35;33-31-27-19-22(15-16-23(27)25-11-5-7-13-30(25)34-31)32-28-12-6-4-10-24(28)26-18-21(14-17-29(26)32)20-8-2-1-3-9-20/h1-28H;1-30H;1-19H. The van der Waals surface area contributed by atoms with Gasteiger partial charge in [0.1, 0.15) is 22.3 Å². The van der Waals surface area contributed by atoms with Crippen LogP contribution in [0.25, 0.3) is 269 Å². The molecule has 21 aromatic carbocycles. The van der Waals surface area contributed by atoms with Crippen LogP contribution in [-0.4, -0.2) is 22.8 Å². The summed E-state index contributed by atoms with van der Waals surface area (Å²) in [4.78, 5) is 52.6. The molecule has 0 amide bonds. The number of fused-ring (bicyclic) bond motifs is 27. The Kier molecular flexibility index (Phi) is 18.7. The van der Waals surface area contributed by atoms with Crippen LogP contribution in [0, 0.1) is 0 Å². The third-order valence-electron chi connectivity index (χ3n) is 28.8. The van der Waals surface area contributed by atoms with E-state index in [1.165, 1.54) is 49.3 Å². The molecule has 0 atom stereocenters. The molecule has 143 heavy (non-hydrogen) atoms. The van der Waals surface area contributed by atoms with Crippen molar-refractivity contribution in [3.8, 4) is 72.9 Å². The molecule has 0 fully saturated rings. The van der Waals surface area contributed by atoms with Gasteiger partial charge in [0.15, 0.2) is 0 Å². The zero-order chi connectivity index (χ0) is 94.8. The molecule has 670 valence electrons. The van der Waals surface area contributed by atoms with Gasteiger partial charge in [-0.05, 0) is 226 Å². The van der Waals surface area contributed by atoms with E-state index in [9.17, 15) is 19.2 Å². The molecule has 0 N–H and O–H groups in total. The minimum atomic E-state index is -0.347. The summed E-state index contributed by atoms with van der Waals surface area (Å²) in [7, 11) is 0. The average molecular weight is 1840 g/mol. The Morgan fingerprint density at radius 2 is 0.308 bits per heavy atom. The van der Waals surface area contributed by atoms with Gasteiger partial charge in [-0.3, -0.25) is 0 Å². The predicted octanol–water partition coefficient (Wildman–Crippen LogP) is 32.3. The van der Waals surface area contributed by atoms with Gasteiger partial charge in [-0.2, -0.15) is 0 Å². The Labute approximate surface area is 812 Å². The second-order valence-electron chi connectivity index (χ2n) is 36.7. The SMILES string of the molecule is O=c1oc2ccccc2c2ccc(-n3c4ccc(-c5ccccc5)cc4c4cc(-c5ccc6c(c5)c5ccccc5n6-c5ccccc5)ccc43)cc12.O=c1oc2ccccc2c2ccc(-n3c4ccccc4c4cc(-c5ccc6c(c5)c5ccccc5n6-c5ccc6c(c5)c(=O)oc5ccccc56)ccc43)cc12.O=c1oc2ccccc2c2ccc(-n3c4ccccc4c4cc(-c5ccccc5)ccc43)cc12. The van der Waals surface area contributed by atoms with Crippen molar-refractivity contribution in [1.29, 1.82) is 0 Å². The number of aromatic nitrogens is 5. The summed E-state index contributed by atoms with van der Waals surface area (Å²) in [5.41, 5.74) is 25.9. The van der Waals surface area contributed by atoms with Gasteiger partial charge in [0, 0.05) is 125 Å². The molecule has 0 unspecified atom stereocenters. The van der Waals surface area contributed by atoms with Gasteiger partial charge in [0.05, 0.1) is 76.7 Å². The maximum atomic E-state index is 13.3. The van der Waals surface area contributed by atoms with Crippen molar-refractivity contribution in [2.75, 3.05) is 0 Å². The number of benzene rings is 21. The highest BCUT2D eigenvalue weighted by Gasteiger charge is 2.25. The Bertz CT molecular complexity index is 10700. The number of para-hydroxylation sites is 9. The number of hydrogen-bond acceptors (Lipinski definition) is 8. The molecule has 9 heterocycles. The lowest BCUT2D eigenvalue weighted by molar-refractivity contribution is 0.569. The van der Waals surface area contributed by atoms with Crippen LogP contribution < -0.4 is 22.5 Å². The van der Waals surface area contributed by atoms with E-state index in [2.05, 4.69) is 338 Å². The van der Waals surface area contributed by atoms with Crippen LogP contribution in [0.5, 0.6) is 0 Å². The maximum Gasteiger partial charge on any atom is 0.344 e. The molecular weight excluding hydrogens is 1760 g/mol. The first-order valence-corrected chi connectivity index (χ1v) is 47.8. The molecule has 0 saturated heterocycles. The zero-order valence-electron chi connectivity index (χ0n) is 76.5. The summed E-state index contributed by atoms with van der Waals surface area (Å²) in [5, 5.41) is 21.1. The van der Waals surface area contributed by atoms with Gasteiger partial charge in [-0.15, -0.1) is 0 Å². The highest BCUT2D eigenvalue weighted by atomic mass is 16.4. The van der Waals surface area contributed by atoms with Gasteiger partial charge in [0.25, 0.3) is 0 Å². The summed E-state index contributed by atoms with van der Waals surface area (Å²) in [6, 6.07) is 161. The Hall–Kier alpha value is -19.5.